The van der Waals surface area contributed by atoms with Gasteiger partial charge in [0.2, 0.25) is 0 Å². The molecule has 1 aromatic carbocycles. The summed E-state index contributed by atoms with van der Waals surface area (Å²) >= 11 is 0. The first-order chi connectivity index (χ1) is 9.69. The lowest BCUT2D eigenvalue weighted by Crippen LogP contribution is -2.55. The van der Waals surface area contributed by atoms with Crippen LogP contribution in [-0.4, -0.2) is 43.7 Å². The van der Waals surface area contributed by atoms with E-state index in [1.165, 1.54) is 25.1 Å². The van der Waals surface area contributed by atoms with Crippen molar-refractivity contribution >= 4 is 5.69 Å². The van der Waals surface area contributed by atoms with Crippen LogP contribution in [0.1, 0.15) is 25.3 Å². The van der Waals surface area contributed by atoms with Gasteiger partial charge in [-0.25, -0.2) is 4.39 Å². The average Bonchev–Trinajstić information content (AvgIpc) is 2.86. The van der Waals surface area contributed by atoms with Gasteiger partial charge in [-0.15, -0.1) is 0 Å². The van der Waals surface area contributed by atoms with Crippen LogP contribution in [0.4, 0.5) is 10.1 Å². The molecule has 20 heavy (non-hydrogen) atoms. The van der Waals surface area contributed by atoms with Gasteiger partial charge < -0.3 is 10.2 Å². The minimum Gasteiger partial charge on any atom is -0.366 e. The van der Waals surface area contributed by atoms with Gasteiger partial charge in [-0.1, -0.05) is 0 Å². The number of nitrogens with one attached hydrogen (secondary N) is 1. The van der Waals surface area contributed by atoms with Crippen LogP contribution >= 0.6 is 0 Å². The van der Waals surface area contributed by atoms with Gasteiger partial charge in [0.1, 0.15) is 5.82 Å². The summed E-state index contributed by atoms with van der Waals surface area (Å²) in [6.07, 6.45) is 2.61. The number of nitrogens with zero attached hydrogens (tertiary/aromatic N) is 2. The second-order valence-corrected chi connectivity index (χ2v) is 6.10. The molecule has 1 aromatic rings. The molecule has 4 heteroatoms. The number of rotatable bonds is 3. The fraction of sp³-hybridized carbons (Fsp3) is 0.625. The Labute approximate surface area is 120 Å². The van der Waals surface area contributed by atoms with E-state index >= 15 is 0 Å². The lowest BCUT2D eigenvalue weighted by molar-refractivity contribution is 0.202. The second kappa shape index (κ2) is 5.70. The summed E-state index contributed by atoms with van der Waals surface area (Å²) in [6.45, 7) is 6.44. The number of fused-ring (bicyclic) bond motifs is 1. The van der Waals surface area contributed by atoms with Crippen LogP contribution in [0.15, 0.2) is 18.2 Å². The van der Waals surface area contributed by atoms with E-state index in [2.05, 4.69) is 22.0 Å². The summed E-state index contributed by atoms with van der Waals surface area (Å²) in [6, 6.07) is 6.37. The Hall–Kier alpha value is -1.13. The number of hydrogen-bond donors (Lipinski definition) is 1. The molecule has 0 radical (unpaired) electrons. The summed E-state index contributed by atoms with van der Waals surface area (Å²) in [7, 11) is 1.91. The molecule has 0 saturated carbocycles. The SMILES string of the molecule is CNCc1cc(F)ccc1N1CC2CCCN2CC1C. The highest BCUT2D eigenvalue weighted by Crippen LogP contribution is 2.31. The third-order valence-electron chi connectivity index (χ3n) is 4.66. The first kappa shape index (κ1) is 13.8. The van der Waals surface area contributed by atoms with E-state index in [0.717, 1.165) is 18.7 Å². The van der Waals surface area contributed by atoms with E-state index in [1.54, 1.807) is 12.1 Å². The highest BCUT2D eigenvalue weighted by Gasteiger charge is 2.34. The van der Waals surface area contributed by atoms with Crippen molar-refractivity contribution in [3.63, 3.8) is 0 Å². The molecule has 0 aliphatic carbocycles. The predicted molar refractivity (Wildman–Crippen MR) is 80.6 cm³/mol. The van der Waals surface area contributed by atoms with E-state index in [0.29, 0.717) is 18.6 Å². The Morgan fingerprint density at radius 1 is 1.35 bits per heavy atom. The maximum absolute atomic E-state index is 13.5. The summed E-state index contributed by atoms with van der Waals surface area (Å²) < 4.78 is 13.5. The number of halogens is 1. The third kappa shape index (κ3) is 2.54. The minimum absolute atomic E-state index is 0.147. The van der Waals surface area contributed by atoms with Gasteiger partial charge in [-0.2, -0.15) is 0 Å². The summed E-state index contributed by atoms with van der Waals surface area (Å²) in [5, 5.41) is 3.15. The molecule has 0 bridgehead atoms. The van der Waals surface area contributed by atoms with E-state index in [-0.39, 0.29) is 5.82 Å². The van der Waals surface area contributed by atoms with Crippen LogP contribution in [0.2, 0.25) is 0 Å². The minimum atomic E-state index is -0.147. The monoisotopic (exact) mass is 277 g/mol. The van der Waals surface area contributed by atoms with Crippen molar-refractivity contribution in [2.45, 2.75) is 38.4 Å². The molecule has 2 unspecified atom stereocenters. The smallest absolute Gasteiger partial charge is 0.123 e. The van der Waals surface area contributed by atoms with Crippen molar-refractivity contribution in [3.05, 3.63) is 29.6 Å². The van der Waals surface area contributed by atoms with Gasteiger partial charge in [-0.05, 0) is 57.1 Å². The first-order valence-electron chi connectivity index (χ1n) is 7.62. The molecule has 0 amide bonds. The Balaban J connectivity index is 1.87. The zero-order valence-electron chi connectivity index (χ0n) is 12.4. The van der Waals surface area contributed by atoms with Gasteiger partial charge in [0, 0.05) is 37.4 Å². The maximum atomic E-state index is 13.5. The number of piperazine rings is 1. The van der Waals surface area contributed by atoms with E-state index < -0.39 is 0 Å². The van der Waals surface area contributed by atoms with E-state index in [4.69, 9.17) is 0 Å². The lowest BCUT2D eigenvalue weighted by Gasteiger charge is -2.44. The van der Waals surface area contributed by atoms with Gasteiger partial charge >= 0.3 is 0 Å². The number of anilines is 1. The number of benzene rings is 1. The number of hydrogen-bond acceptors (Lipinski definition) is 3. The lowest BCUT2D eigenvalue weighted by atomic mass is 10.0. The third-order valence-corrected chi connectivity index (χ3v) is 4.66. The van der Waals surface area contributed by atoms with Gasteiger partial charge in [0.05, 0.1) is 0 Å². The molecule has 2 aliphatic heterocycles. The fourth-order valence-electron chi connectivity index (χ4n) is 3.69. The van der Waals surface area contributed by atoms with Crippen molar-refractivity contribution < 1.29 is 4.39 Å². The van der Waals surface area contributed by atoms with Gasteiger partial charge in [0.25, 0.3) is 0 Å². The Morgan fingerprint density at radius 3 is 3.00 bits per heavy atom. The maximum Gasteiger partial charge on any atom is 0.123 e. The van der Waals surface area contributed by atoms with Crippen LogP contribution in [-0.2, 0) is 6.54 Å². The molecule has 110 valence electrons. The van der Waals surface area contributed by atoms with E-state index in [9.17, 15) is 4.39 Å². The highest BCUT2D eigenvalue weighted by molar-refractivity contribution is 5.55. The highest BCUT2D eigenvalue weighted by atomic mass is 19.1. The Kier molecular flexibility index (Phi) is 3.94. The summed E-state index contributed by atoms with van der Waals surface area (Å²) in [5.74, 6) is -0.147. The van der Waals surface area contributed by atoms with Crippen molar-refractivity contribution in [1.29, 1.82) is 0 Å². The molecule has 0 spiro atoms. The second-order valence-electron chi connectivity index (χ2n) is 6.10. The first-order valence-corrected chi connectivity index (χ1v) is 7.62. The molecular weight excluding hydrogens is 253 g/mol. The molecule has 2 aliphatic rings. The molecular formula is C16H24FN3. The Morgan fingerprint density at radius 2 is 2.20 bits per heavy atom. The largest absolute Gasteiger partial charge is 0.366 e. The molecule has 3 nitrogen and oxygen atoms in total. The topological polar surface area (TPSA) is 18.5 Å². The van der Waals surface area contributed by atoms with Crippen LogP contribution in [0.3, 0.4) is 0 Å². The van der Waals surface area contributed by atoms with Gasteiger partial charge in [0.15, 0.2) is 0 Å². The molecule has 1 N–H and O–H groups in total. The van der Waals surface area contributed by atoms with Crippen molar-refractivity contribution in [2.75, 3.05) is 31.6 Å². The molecule has 2 saturated heterocycles. The summed E-state index contributed by atoms with van der Waals surface area (Å²) in [5.41, 5.74) is 2.26. The van der Waals surface area contributed by atoms with E-state index in [1.807, 2.05) is 13.1 Å². The molecule has 2 fully saturated rings. The molecule has 0 aromatic heterocycles. The van der Waals surface area contributed by atoms with Crippen LogP contribution in [0, 0.1) is 5.82 Å². The molecule has 3 rings (SSSR count). The molecule has 2 atom stereocenters. The van der Waals surface area contributed by atoms with Gasteiger partial charge in [-0.3, -0.25) is 4.90 Å². The van der Waals surface area contributed by atoms with Crippen LogP contribution in [0.25, 0.3) is 0 Å². The normalized spacial score (nSPS) is 26.9. The quantitative estimate of drug-likeness (QED) is 0.914. The Bertz CT molecular complexity index is 477. The van der Waals surface area contributed by atoms with Crippen LogP contribution in [0.5, 0.6) is 0 Å². The fourth-order valence-corrected chi connectivity index (χ4v) is 3.69. The zero-order chi connectivity index (χ0) is 14.1. The van der Waals surface area contributed by atoms with Crippen molar-refractivity contribution in [1.82, 2.24) is 10.2 Å². The van der Waals surface area contributed by atoms with Crippen molar-refractivity contribution in [2.24, 2.45) is 0 Å². The molecule has 2 heterocycles. The van der Waals surface area contributed by atoms with Crippen molar-refractivity contribution in [3.8, 4) is 0 Å². The predicted octanol–water partition coefficient (Wildman–Crippen LogP) is 2.22. The standard InChI is InChI=1S/C16H24FN3/c1-12-10-19-7-3-4-15(19)11-20(12)16-6-5-14(17)8-13(16)9-18-2/h5-6,8,12,15,18H,3-4,7,9-11H2,1-2H3. The average molecular weight is 277 g/mol. The summed E-state index contributed by atoms with van der Waals surface area (Å²) in [4.78, 5) is 5.08. The zero-order valence-corrected chi connectivity index (χ0v) is 12.4. The van der Waals surface area contributed by atoms with Crippen LogP contribution < -0.4 is 10.2 Å².